The number of carbonyl (C=O) groups is 4. The second-order valence-corrected chi connectivity index (χ2v) is 10.1. The van der Waals surface area contributed by atoms with Crippen LogP contribution in [0.4, 0.5) is 29.7 Å². The molecule has 0 spiro atoms. The van der Waals surface area contributed by atoms with Crippen molar-refractivity contribution in [1.82, 2.24) is 10.2 Å². The molecule has 0 bridgehead atoms. The third-order valence-corrected chi connectivity index (χ3v) is 7.26. The summed E-state index contributed by atoms with van der Waals surface area (Å²) in [4.78, 5) is 49.5. The first-order valence-corrected chi connectivity index (χ1v) is 12.6. The molecule has 4 amide bonds. The van der Waals surface area contributed by atoms with Gasteiger partial charge in [-0.15, -0.1) is 10.2 Å². The molecule has 2 heterocycles. The predicted octanol–water partition coefficient (Wildman–Crippen LogP) is 4.85. The van der Waals surface area contributed by atoms with Crippen molar-refractivity contribution in [2.75, 3.05) is 21.3 Å². The molecule has 1 fully saturated rings. The predicted molar refractivity (Wildman–Crippen MR) is 132 cm³/mol. The zero-order valence-electron chi connectivity index (χ0n) is 18.5. The topological polar surface area (TPSA) is 121 Å². The van der Waals surface area contributed by atoms with Crippen molar-refractivity contribution in [3.8, 4) is 0 Å². The molecule has 0 radical (unpaired) electrons. The van der Waals surface area contributed by atoms with Crippen LogP contribution in [0.3, 0.4) is 0 Å². The van der Waals surface area contributed by atoms with Crippen molar-refractivity contribution in [3.63, 3.8) is 0 Å². The summed E-state index contributed by atoms with van der Waals surface area (Å²) in [5.74, 6) is -1.90. The number of amides is 4. The number of nitrogens with one attached hydrogen (secondary N) is 2. The Bertz CT molecular complexity index is 1370. The zero-order valence-corrected chi connectivity index (χ0v) is 20.9. The van der Waals surface area contributed by atoms with Gasteiger partial charge >= 0.3 is 6.18 Å². The van der Waals surface area contributed by atoms with Crippen LogP contribution in [0.2, 0.25) is 5.02 Å². The van der Waals surface area contributed by atoms with Crippen LogP contribution in [0.25, 0.3) is 0 Å². The molecule has 0 atom stereocenters. The van der Waals surface area contributed by atoms with Crippen molar-refractivity contribution in [2.45, 2.75) is 23.4 Å². The highest BCUT2D eigenvalue weighted by Gasteiger charge is 2.31. The number of hydrogen-bond donors (Lipinski definition) is 2. The number of thioether (sulfide) groups is 1. The van der Waals surface area contributed by atoms with Crippen molar-refractivity contribution in [2.24, 2.45) is 0 Å². The summed E-state index contributed by atoms with van der Waals surface area (Å²) in [5.41, 5.74) is -0.484. The molecule has 1 aliphatic heterocycles. The van der Waals surface area contributed by atoms with Gasteiger partial charge in [-0.1, -0.05) is 34.7 Å². The van der Waals surface area contributed by atoms with E-state index in [1.54, 1.807) is 0 Å². The number of carbonyl (C=O) groups excluding carboxylic acids is 4. The Balaban J connectivity index is 1.31. The van der Waals surface area contributed by atoms with Crippen LogP contribution >= 0.6 is 34.7 Å². The van der Waals surface area contributed by atoms with E-state index < -0.39 is 23.6 Å². The second kappa shape index (κ2) is 10.9. The molecule has 192 valence electrons. The molecule has 4 rings (SSSR count). The van der Waals surface area contributed by atoms with Gasteiger partial charge in [-0.3, -0.25) is 29.4 Å². The quantitative estimate of drug-likeness (QED) is 0.237. The number of nitrogens with zero attached hydrogens (tertiary/aromatic N) is 3. The largest absolute Gasteiger partial charge is 0.416 e. The van der Waals surface area contributed by atoms with Gasteiger partial charge in [-0.05, 0) is 42.5 Å². The fraction of sp³-hybridized carbons (Fsp3) is 0.182. The zero-order chi connectivity index (χ0) is 26.7. The van der Waals surface area contributed by atoms with Crippen LogP contribution in [-0.2, 0) is 20.6 Å². The first-order valence-electron chi connectivity index (χ1n) is 10.4. The van der Waals surface area contributed by atoms with E-state index in [1.807, 2.05) is 0 Å². The van der Waals surface area contributed by atoms with Gasteiger partial charge in [0.2, 0.25) is 22.9 Å². The molecular weight excluding hydrogens is 555 g/mol. The van der Waals surface area contributed by atoms with Crippen LogP contribution in [0, 0.1) is 0 Å². The first kappa shape index (κ1) is 26.6. The third-order valence-electron chi connectivity index (χ3n) is 4.96. The average molecular weight is 570 g/mol. The highest BCUT2D eigenvalue weighted by molar-refractivity contribution is 8.01. The minimum atomic E-state index is -4.58. The minimum Gasteiger partial charge on any atom is -0.324 e. The van der Waals surface area contributed by atoms with E-state index in [0.717, 1.165) is 46.2 Å². The molecule has 15 heteroatoms. The first-order chi connectivity index (χ1) is 17.5. The lowest BCUT2D eigenvalue weighted by Gasteiger charge is -2.13. The average Bonchev–Trinajstić information content (AvgIpc) is 3.43. The molecule has 1 aromatic heterocycles. The molecule has 0 aliphatic carbocycles. The number of halogens is 4. The Kier molecular flexibility index (Phi) is 7.80. The van der Waals surface area contributed by atoms with Crippen molar-refractivity contribution >= 4 is 74.8 Å². The molecule has 0 unspecified atom stereocenters. The summed E-state index contributed by atoms with van der Waals surface area (Å²) in [7, 11) is 0. The number of aromatic nitrogens is 2. The SMILES string of the molecule is O=C(CSc1nnc(NC(=O)c2ccc(N3C(=O)CCC3=O)cc2)s1)Nc1cc(C(F)(F)F)ccc1Cl. The number of anilines is 3. The summed E-state index contributed by atoms with van der Waals surface area (Å²) in [5, 5.41) is 12.7. The van der Waals surface area contributed by atoms with Crippen LogP contribution in [-0.4, -0.2) is 39.6 Å². The highest BCUT2D eigenvalue weighted by atomic mass is 35.5. The van der Waals surface area contributed by atoms with Crippen molar-refractivity contribution in [3.05, 3.63) is 58.6 Å². The molecule has 1 aliphatic rings. The molecule has 3 aromatic rings. The monoisotopic (exact) mass is 569 g/mol. The van der Waals surface area contributed by atoms with E-state index in [9.17, 15) is 32.3 Å². The summed E-state index contributed by atoms with van der Waals surface area (Å²) < 4.78 is 39.0. The standard InChI is InChI=1S/C22H15ClF3N5O4S2/c23-14-6-3-12(22(24,25)26)9-15(14)27-16(32)10-36-21-30-29-20(37-21)28-19(35)11-1-4-13(5-2-11)31-17(33)7-8-18(31)34/h1-6,9H,7-8,10H2,(H,27,32)(H,28,29,35). The van der Waals surface area contributed by atoms with Crippen LogP contribution < -0.4 is 15.5 Å². The molecular formula is C22H15ClF3N5O4S2. The fourth-order valence-electron chi connectivity index (χ4n) is 3.23. The van der Waals surface area contributed by atoms with Crippen LogP contribution in [0.15, 0.2) is 46.8 Å². The summed E-state index contributed by atoms with van der Waals surface area (Å²) in [6.45, 7) is 0. The Morgan fingerprint density at radius 1 is 1.03 bits per heavy atom. The van der Waals surface area contributed by atoms with E-state index in [0.29, 0.717) is 10.0 Å². The second-order valence-electron chi connectivity index (χ2n) is 7.53. The van der Waals surface area contributed by atoms with Crippen LogP contribution in [0.1, 0.15) is 28.8 Å². The van der Waals surface area contributed by atoms with E-state index in [2.05, 4.69) is 20.8 Å². The number of alkyl halides is 3. The lowest BCUT2D eigenvalue weighted by molar-refractivity contribution is -0.137. The van der Waals surface area contributed by atoms with Gasteiger partial charge in [0.25, 0.3) is 5.91 Å². The number of rotatable bonds is 7. The highest BCUT2D eigenvalue weighted by Crippen LogP contribution is 2.34. The fourth-order valence-corrected chi connectivity index (χ4v) is 4.94. The van der Waals surface area contributed by atoms with Gasteiger partial charge in [0.05, 0.1) is 27.7 Å². The van der Waals surface area contributed by atoms with Crippen molar-refractivity contribution < 1.29 is 32.3 Å². The number of benzene rings is 2. The normalized spacial score (nSPS) is 13.7. The molecule has 1 saturated heterocycles. The van der Waals surface area contributed by atoms with Crippen molar-refractivity contribution in [1.29, 1.82) is 0 Å². The maximum absolute atomic E-state index is 12.9. The Morgan fingerprint density at radius 3 is 2.35 bits per heavy atom. The molecule has 37 heavy (non-hydrogen) atoms. The van der Waals surface area contributed by atoms with Gasteiger partial charge in [0, 0.05) is 18.4 Å². The minimum absolute atomic E-state index is 0.0427. The summed E-state index contributed by atoms with van der Waals surface area (Å²) >= 11 is 7.85. The lowest BCUT2D eigenvalue weighted by Crippen LogP contribution is -2.28. The summed E-state index contributed by atoms with van der Waals surface area (Å²) in [6, 6.07) is 8.52. The smallest absolute Gasteiger partial charge is 0.324 e. The van der Waals surface area contributed by atoms with E-state index in [1.165, 1.54) is 24.3 Å². The molecule has 0 saturated carbocycles. The van der Waals surface area contributed by atoms with Gasteiger partial charge in [0.1, 0.15) is 0 Å². The Hall–Kier alpha value is -3.49. The van der Waals surface area contributed by atoms with Gasteiger partial charge < -0.3 is 5.32 Å². The third kappa shape index (κ3) is 6.45. The molecule has 2 aromatic carbocycles. The van der Waals surface area contributed by atoms with Crippen LogP contribution in [0.5, 0.6) is 0 Å². The maximum Gasteiger partial charge on any atom is 0.416 e. The number of imide groups is 1. The molecule has 2 N–H and O–H groups in total. The summed E-state index contributed by atoms with van der Waals surface area (Å²) in [6.07, 6.45) is -4.28. The Morgan fingerprint density at radius 2 is 1.70 bits per heavy atom. The Labute approximate surface area is 220 Å². The van der Waals surface area contributed by atoms with Gasteiger partial charge in [0.15, 0.2) is 4.34 Å². The van der Waals surface area contributed by atoms with Gasteiger partial charge in [-0.25, -0.2) is 0 Å². The van der Waals surface area contributed by atoms with E-state index >= 15 is 0 Å². The maximum atomic E-state index is 12.9. The molecule has 9 nitrogen and oxygen atoms in total. The number of hydrogen-bond acceptors (Lipinski definition) is 8. The lowest BCUT2D eigenvalue weighted by atomic mass is 10.2. The van der Waals surface area contributed by atoms with E-state index in [-0.39, 0.29) is 51.8 Å². The van der Waals surface area contributed by atoms with Gasteiger partial charge in [-0.2, -0.15) is 13.2 Å². The van der Waals surface area contributed by atoms with E-state index in [4.69, 9.17) is 11.6 Å².